The van der Waals surface area contributed by atoms with E-state index in [9.17, 15) is 13.2 Å². The fourth-order valence-electron chi connectivity index (χ4n) is 1.94. The van der Waals surface area contributed by atoms with Crippen molar-refractivity contribution in [3.05, 3.63) is 0 Å². The van der Waals surface area contributed by atoms with Gasteiger partial charge >= 0.3 is 6.18 Å². The monoisotopic (exact) mass is 225 g/mol. The van der Waals surface area contributed by atoms with E-state index < -0.39 is 12.1 Å². The molecule has 1 aliphatic rings. The van der Waals surface area contributed by atoms with Gasteiger partial charge in [0.2, 0.25) is 0 Å². The Labute approximate surface area is 88.1 Å². The summed E-state index contributed by atoms with van der Waals surface area (Å²) in [6.45, 7) is 3.68. The summed E-state index contributed by atoms with van der Waals surface area (Å²) in [6.07, 6.45) is -3.64. The Kier molecular flexibility index (Phi) is 4.40. The molecule has 2 nitrogen and oxygen atoms in total. The molecule has 1 heterocycles. The molecular formula is C10H18F3NO. The minimum absolute atomic E-state index is 0.0964. The van der Waals surface area contributed by atoms with Crippen molar-refractivity contribution in [3.8, 4) is 0 Å². The summed E-state index contributed by atoms with van der Waals surface area (Å²) in [6, 6.07) is 0. The van der Waals surface area contributed by atoms with Gasteiger partial charge in [0, 0.05) is 13.2 Å². The lowest BCUT2D eigenvalue weighted by Gasteiger charge is -2.33. The molecule has 1 unspecified atom stereocenters. The average Bonchev–Trinajstić information content (AvgIpc) is 2.17. The Morgan fingerprint density at radius 1 is 1.33 bits per heavy atom. The van der Waals surface area contributed by atoms with Gasteiger partial charge in [-0.1, -0.05) is 6.92 Å². The largest absolute Gasteiger partial charge is 0.396 e. The van der Waals surface area contributed by atoms with Crippen molar-refractivity contribution in [3.63, 3.8) is 0 Å². The van der Waals surface area contributed by atoms with Crippen molar-refractivity contribution < 1.29 is 18.3 Å². The van der Waals surface area contributed by atoms with Crippen molar-refractivity contribution in [2.45, 2.75) is 25.9 Å². The summed E-state index contributed by atoms with van der Waals surface area (Å²) in [7, 11) is 0. The SMILES string of the molecule is CC(CO)CN1CCC(C(F)(F)F)CC1. The molecule has 1 saturated heterocycles. The highest BCUT2D eigenvalue weighted by Gasteiger charge is 2.40. The number of piperidine rings is 1. The number of halogens is 3. The molecule has 0 aromatic rings. The van der Waals surface area contributed by atoms with Gasteiger partial charge in [0.15, 0.2) is 0 Å². The maximum absolute atomic E-state index is 12.3. The van der Waals surface area contributed by atoms with Gasteiger partial charge in [-0.25, -0.2) is 0 Å². The van der Waals surface area contributed by atoms with E-state index in [2.05, 4.69) is 0 Å². The second kappa shape index (κ2) is 5.16. The van der Waals surface area contributed by atoms with Crippen molar-refractivity contribution >= 4 is 0 Å². The van der Waals surface area contributed by atoms with Crippen molar-refractivity contribution in [2.24, 2.45) is 11.8 Å². The van der Waals surface area contributed by atoms with E-state index in [-0.39, 0.29) is 25.4 Å². The van der Waals surface area contributed by atoms with Crippen LogP contribution in [0.25, 0.3) is 0 Å². The second-order valence-electron chi connectivity index (χ2n) is 4.40. The van der Waals surface area contributed by atoms with E-state index in [0.717, 1.165) is 0 Å². The number of hydrogen-bond donors (Lipinski definition) is 1. The molecule has 0 bridgehead atoms. The van der Waals surface area contributed by atoms with E-state index >= 15 is 0 Å². The van der Waals surface area contributed by atoms with E-state index in [1.807, 2.05) is 11.8 Å². The summed E-state index contributed by atoms with van der Waals surface area (Å²) in [5, 5.41) is 8.84. The fraction of sp³-hybridized carbons (Fsp3) is 1.00. The molecule has 0 radical (unpaired) electrons. The molecule has 0 saturated carbocycles. The fourth-order valence-corrected chi connectivity index (χ4v) is 1.94. The molecule has 0 amide bonds. The maximum atomic E-state index is 12.3. The van der Waals surface area contributed by atoms with Crippen LogP contribution in [0.15, 0.2) is 0 Å². The first-order valence-corrected chi connectivity index (χ1v) is 5.33. The van der Waals surface area contributed by atoms with Gasteiger partial charge in [0.25, 0.3) is 0 Å². The lowest BCUT2D eigenvalue weighted by Crippen LogP contribution is -2.41. The van der Waals surface area contributed by atoms with Crippen LogP contribution in [0.2, 0.25) is 0 Å². The number of rotatable bonds is 3. The number of hydrogen-bond acceptors (Lipinski definition) is 2. The highest BCUT2D eigenvalue weighted by Crippen LogP contribution is 2.34. The standard InChI is InChI=1S/C10H18F3NO/c1-8(7-15)6-14-4-2-9(3-5-14)10(11,12)13/h8-9,15H,2-7H2,1H3. The Hall–Kier alpha value is -0.290. The second-order valence-corrected chi connectivity index (χ2v) is 4.40. The summed E-state index contributed by atoms with van der Waals surface area (Å²) < 4.78 is 37.0. The highest BCUT2D eigenvalue weighted by atomic mass is 19.4. The molecule has 5 heteroatoms. The Morgan fingerprint density at radius 3 is 2.27 bits per heavy atom. The van der Waals surface area contributed by atoms with Gasteiger partial charge < -0.3 is 10.0 Å². The van der Waals surface area contributed by atoms with E-state index in [1.54, 1.807) is 0 Å². The van der Waals surface area contributed by atoms with Crippen molar-refractivity contribution in [2.75, 3.05) is 26.2 Å². The Balaban J connectivity index is 2.30. The number of aliphatic hydroxyl groups is 1. The zero-order chi connectivity index (χ0) is 11.5. The van der Waals surface area contributed by atoms with Gasteiger partial charge in [-0.2, -0.15) is 13.2 Å². The molecule has 0 aromatic heterocycles. The minimum Gasteiger partial charge on any atom is -0.396 e. The van der Waals surface area contributed by atoms with Crippen molar-refractivity contribution in [1.29, 1.82) is 0 Å². The number of nitrogens with zero attached hydrogens (tertiary/aromatic N) is 1. The van der Waals surface area contributed by atoms with Crippen LogP contribution >= 0.6 is 0 Å². The number of aliphatic hydroxyl groups excluding tert-OH is 1. The van der Waals surface area contributed by atoms with Crippen LogP contribution in [0.1, 0.15) is 19.8 Å². The normalized spacial score (nSPS) is 23.0. The topological polar surface area (TPSA) is 23.5 Å². The lowest BCUT2D eigenvalue weighted by molar-refractivity contribution is -0.185. The van der Waals surface area contributed by atoms with Crippen LogP contribution in [0.4, 0.5) is 13.2 Å². The molecule has 1 aliphatic heterocycles. The minimum atomic E-state index is -4.03. The summed E-state index contributed by atoms with van der Waals surface area (Å²) >= 11 is 0. The number of likely N-dealkylation sites (tertiary alicyclic amines) is 1. The van der Waals surface area contributed by atoms with Crippen molar-refractivity contribution in [1.82, 2.24) is 4.90 Å². The molecule has 0 spiro atoms. The zero-order valence-corrected chi connectivity index (χ0v) is 8.93. The molecule has 0 aliphatic carbocycles. The Morgan fingerprint density at radius 2 is 1.87 bits per heavy atom. The first-order valence-electron chi connectivity index (χ1n) is 5.33. The van der Waals surface area contributed by atoms with Gasteiger partial charge in [0.05, 0.1) is 5.92 Å². The molecular weight excluding hydrogens is 207 g/mol. The molecule has 1 atom stereocenters. The molecule has 1 rings (SSSR count). The first-order chi connectivity index (χ1) is 6.93. The quantitative estimate of drug-likeness (QED) is 0.792. The molecule has 15 heavy (non-hydrogen) atoms. The Bertz CT molecular complexity index is 188. The van der Waals surface area contributed by atoms with Crippen LogP contribution in [-0.4, -0.2) is 42.4 Å². The zero-order valence-electron chi connectivity index (χ0n) is 8.93. The summed E-state index contributed by atoms with van der Waals surface area (Å²) in [4.78, 5) is 2.00. The van der Waals surface area contributed by atoms with Crippen LogP contribution in [-0.2, 0) is 0 Å². The van der Waals surface area contributed by atoms with Crippen LogP contribution in [0.3, 0.4) is 0 Å². The van der Waals surface area contributed by atoms with Crippen LogP contribution in [0, 0.1) is 11.8 Å². The van der Waals surface area contributed by atoms with Gasteiger partial charge in [-0.05, 0) is 31.8 Å². The predicted octanol–water partition coefficient (Wildman–Crippen LogP) is 1.89. The summed E-state index contributed by atoms with van der Waals surface area (Å²) in [5.74, 6) is -0.981. The summed E-state index contributed by atoms with van der Waals surface area (Å²) in [5.41, 5.74) is 0. The van der Waals surface area contributed by atoms with Crippen LogP contribution in [0.5, 0.6) is 0 Å². The average molecular weight is 225 g/mol. The van der Waals surface area contributed by atoms with Gasteiger partial charge in [-0.3, -0.25) is 0 Å². The van der Waals surface area contributed by atoms with E-state index in [0.29, 0.717) is 19.6 Å². The third kappa shape index (κ3) is 3.99. The third-order valence-electron chi connectivity index (χ3n) is 2.93. The van der Waals surface area contributed by atoms with Crippen LogP contribution < -0.4 is 0 Å². The highest BCUT2D eigenvalue weighted by molar-refractivity contribution is 4.77. The molecule has 1 fully saturated rings. The van der Waals surface area contributed by atoms with Gasteiger partial charge in [-0.15, -0.1) is 0 Å². The van der Waals surface area contributed by atoms with Gasteiger partial charge in [0.1, 0.15) is 0 Å². The first kappa shape index (κ1) is 12.8. The maximum Gasteiger partial charge on any atom is 0.391 e. The molecule has 1 N–H and O–H groups in total. The lowest BCUT2D eigenvalue weighted by atomic mass is 9.95. The third-order valence-corrected chi connectivity index (χ3v) is 2.93. The predicted molar refractivity (Wildman–Crippen MR) is 51.5 cm³/mol. The smallest absolute Gasteiger partial charge is 0.391 e. The molecule has 0 aromatic carbocycles. The van der Waals surface area contributed by atoms with E-state index in [4.69, 9.17) is 5.11 Å². The number of alkyl halides is 3. The van der Waals surface area contributed by atoms with E-state index in [1.165, 1.54) is 0 Å². The molecule has 90 valence electrons.